The molecule has 78 valence electrons. The van der Waals surface area contributed by atoms with Crippen molar-refractivity contribution in [2.75, 3.05) is 18.0 Å². The molecule has 1 aliphatic heterocycles. The fourth-order valence-electron chi connectivity index (χ4n) is 1.56. The molecule has 0 bridgehead atoms. The van der Waals surface area contributed by atoms with E-state index in [1.807, 2.05) is 6.92 Å². The fraction of sp³-hybridized carbons (Fsp3) is 0.750. The lowest BCUT2D eigenvalue weighted by Crippen LogP contribution is -2.42. The number of aliphatic hydroxyl groups is 1. The molecule has 0 spiro atoms. The van der Waals surface area contributed by atoms with Crippen LogP contribution in [0.4, 0.5) is 5.82 Å². The first kappa shape index (κ1) is 10.1. The highest BCUT2D eigenvalue weighted by Crippen LogP contribution is 2.28. The number of halogens is 1. The summed E-state index contributed by atoms with van der Waals surface area (Å²) in [6, 6.07) is 0. The van der Waals surface area contributed by atoms with Gasteiger partial charge in [0, 0.05) is 13.1 Å². The molecule has 0 aromatic carbocycles. The largest absolute Gasteiger partial charge is 0.390 e. The van der Waals surface area contributed by atoms with E-state index < -0.39 is 5.60 Å². The lowest BCUT2D eigenvalue weighted by Gasteiger charge is -2.35. The summed E-state index contributed by atoms with van der Waals surface area (Å²) in [6.07, 6.45) is 1.50. The molecular weight excluding hydrogens is 222 g/mol. The highest BCUT2D eigenvalue weighted by Gasteiger charge is 2.29. The minimum atomic E-state index is -0.535. The third kappa shape index (κ3) is 1.99. The predicted octanol–water partition coefficient (Wildman–Crippen LogP) is 1.54. The highest BCUT2D eigenvalue weighted by atomic mass is 35.5. The Kier molecular flexibility index (Phi) is 2.64. The lowest BCUT2D eigenvalue weighted by molar-refractivity contribution is 0.0350. The molecule has 2 heterocycles. The Morgan fingerprint density at radius 3 is 2.57 bits per heavy atom. The number of nitrogens with zero attached hydrogens (tertiary/aromatic N) is 3. The highest BCUT2D eigenvalue weighted by molar-refractivity contribution is 6.99. The number of aromatic nitrogens is 2. The van der Waals surface area contributed by atoms with E-state index >= 15 is 0 Å². The van der Waals surface area contributed by atoms with E-state index in [-0.39, 0.29) is 0 Å². The molecule has 1 N–H and O–H groups in total. The summed E-state index contributed by atoms with van der Waals surface area (Å²) >= 11 is 7.00. The normalized spacial score (nSPS) is 21.2. The average molecular weight is 234 g/mol. The van der Waals surface area contributed by atoms with Crippen LogP contribution >= 0.6 is 23.3 Å². The molecule has 4 nitrogen and oxygen atoms in total. The predicted molar refractivity (Wildman–Crippen MR) is 57.0 cm³/mol. The van der Waals surface area contributed by atoms with Gasteiger partial charge in [-0.25, -0.2) is 0 Å². The summed E-state index contributed by atoms with van der Waals surface area (Å²) in [7, 11) is 0. The zero-order valence-corrected chi connectivity index (χ0v) is 9.48. The van der Waals surface area contributed by atoms with Crippen LogP contribution < -0.4 is 4.90 Å². The van der Waals surface area contributed by atoms with Crippen LogP contribution in [0, 0.1) is 0 Å². The van der Waals surface area contributed by atoms with Gasteiger partial charge in [-0.05, 0) is 19.8 Å². The Hall–Kier alpha value is -0.390. The van der Waals surface area contributed by atoms with E-state index in [4.69, 9.17) is 11.6 Å². The Bertz CT molecular complexity index is 318. The summed E-state index contributed by atoms with van der Waals surface area (Å²) in [5, 5.41) is 10.2. The van der Waals surface area contributed by atoms with Crippen molar-refractivity contribution in [1.82, 2.24) is 8.75 Å². The monoisotopic (exact) mass is 233 g/mol. The molecule has 2 rings (SSSR count). The van der Waals surface area contributed by atoms with Crippen LogP contribution in [0.5, 0.6) is 0 Å². The first-order valence-electron chi connectivity index (χ1n) is 4.54. The second kappa shape index (κ2) is 3.64. The second-order valence-electron chi connectivity index (χ2n) is 3.86. The second-order valence-corrected chi connectivity index (χ2v) is 4.75. The van der Waals surface area contributed by atoms with Crippen LogP contribution in [0.25, 0.3) is 0 Å². The molecule has 1 fully saturated rings. The van der Waals surface area contributed by atoms with Gasteiger partial charge < -0.3 is 10.0 Å². The van der Waals surface area contributed by atoms with Crippen LogP contribution in [0.1, 0.15) is 19.8 Å². The molecule has 1 aliphatic rings. The molecule has 0 amide bonds. The van der Waals surface area contributed by atoms with Crippen molar-refractivity contribution < 1.29 is 5.11 Å². The van der Waals surface area contributed by atoms with Gasteiger partial charge in [0.25, 0.3) is 0 Å². The Morgan fingerprint density at radius 1 is 1.43 bits per heavy atom. The smallest absolute Gasteiger partial charge is 0.187 e. The van der Waals surface area contributed by atoms with Crippen LogP contribution in [0.15, 0.2) is 0 Å². The molecule has 0 radical (unpaired) electrons. The summed E-state index contributed by atoms with van der Waals surface area (Å²) in [5.41, 5.74) is -0.535. The molecule has 0 unspecified atom stereocenters. The molecule has 0 atom stereocenters. The molecular formula is C8H12ClN3OS. The average Bonchev–Trinajstić information content (AvgIpc) is 2.52. The zero-order valence-electron chi connectivity index (χ0n) is 7.90. The van der Waals surface area contributed by atoms with Gasteiger partial charge >= 0.3 is 0 Å². The standard InChI is InChI=1S/C8H12ClN3OS/c1-8(13)2-4-12(5-3-8)7-6(9)10-14-11-7/h13H,2-5H2,1H3. The van der Waals surface area contributed by atoms with E-state index in [1.54, 1.807) is 0 Å². The molecule has 1 aromatic heterocycles. The van der Waals surface area contributed by atoms with Gasteiger partial charge in [-0.1, -0.05) is 11.6 Å². The van der Waals surface area contributed by atoms with E-state index in [9.17, 15) is 5.11 Å². The SMILES string of the molecule is CC1(O)CCN(c2nsnc2Cl)CC1. The molecule has 0 saturated carbocycles. The first-order chi connectivity index (χ1) is 6.58. The van der Waals surface area contributed by atoms with Crippen molar-refractivity contribution in [3.63, 3.8) is 0 Å². The third-order valence-corrected chi connectivity index (χ3v) is 3.45. The van der Waals surface area contributed by atoms with Gasteiger partial charge in [0.2, 0.25) is 0 Å². The summed E-state index contributed by atoms with van der Waals surface area (Å²) in [4.78, 5) is 2.07. The van der Waals surface area contributed by atoms with Gasteiger partial charge in [-0.2, -0.15) is 8.75 Å². The van der Waals surface area contributed by atoms with E-state index in [2.05, 4.69) is 13.6 Å². The Morgan fingerprint density at radius 2 is 2.07 bits per heavy atom. The molecule has 6 heteroatoms. The van der Waals surface area contributed by atoms with Gasteiger partial charge in [-0.15, -0.1) is 0 Å². The van der Waals surface area contributed by atoms with Crippen molar-refractivity contribution in [3.05, 3.63) is 5.15 Å². The number of piperidine rings is 1. The van der Waals surface area contributed by atoms with Crippen molar-refractivity contribution in [1.29, 1.82) is 0 Å². The Balaban J connectivity index is 2.06. The van der Waals surface area contributed by atoms with E-state index in [0.29, 0.717) is 5.15 Å². The third-order valence-electron chi connectivity index (χ3n) is 2.57. The summed E-state index contributed by atoms with van der Waals surface area (Å²) < 4.78 is 8.05. The fourth-order valence-corrected chi connectivity index (χ4v) is 2.34. The van der Waals surface area contributed by atoms with Gasteiger partial charge in [0.15, 0.2) is 11.0 Å². The first-order valence-corrected chi connectivity index (χ1v) is 5.65. The van der Waals surface area contributed by atoms with Crippen LogP contribution in [-0.2, 0) is 0 Å². The van der Waals surface area contributed by atoms with Crippen molar-refractivity contribution in [2.24, 2.45) is 0 Å². The van der Waals surface area contributed by atoms with Crippen molar-refractivity contribution in [3.8, 4) is 0 Å². The summed E-state index contributed by atoms with van der Waals surface area (Å²) in [6.45, 7) is 3.45. The molecule has 1 aromatic rings. The van der Waals surface area contributed by atoms with Crippen molar-refractivity contribution >= 4 is 29.1 Å². The van der Waals surface area contributed by atoms with Gasteiger partial charge in [0.1, 0.15) is 0 Å². The lowest BCUT2D eigenvalue weighted by atomic mass is 9.94. The van der Waals surface area contributed by atoms with Crippen molar-refractivity contribution in [2.45, 2.75) is 25.4 Å². The summed E-state index contributed by atoms with van der Waals surface area (Å²) in [5.74, 6) is 0.757. The molecule has 0 aliphatic carbocycles. The van der Waals surface area contributed by atoms with Crippen LogP contribution in [0.3, 0.4) is 0 Å². The maximum atomic E-state index is 9.77. The maximum Gasteiger partial charge on any atom is 0.187 e. The topological polar surface area (TPSA) is 49.2 Å². The molecule has 14 heavy (non-hydrogen) atoms. The quantitative estimate of drug-likeness (QED) is 0.800. The number of hydrogen-bond acceptors (Lipinski definition) is 5. The van der Waals surface area contributed by atoms with Crippen LogP contribution in [0.2, 0.25) is 5.15 Å². The zero-order chi connectivity index (χ0) is 10.2. The van der Waals surface area contributed by atoms with E-state index in [1.165, 1.54) is 0 Å². The molecule has 1 saturated heterocycles. The van der Waals surface area contributed by atoms with Gasteiger partial charge in [-0.3, -0.25) is 0 Å². The number of hydrogen-bond donors (Lipinski definition) is 1. The minimum absolute atomic E-state index is 0.469. The number of rotatable bonds is 1. The van der Waals surface area contributed by atoms with E-state index in [0.717, 1.165) is 43.5 Å². The minimum Gasteiger partial charge on any atom is -0.390 e. The Labute approximate surface area is 91.8 Å². The maximum absolute atomic E-state index is 9.77. The van der Waals surface area contributed by atoms with Gasteiger partial charge in [0.05, 0.1) is 17.3 Å². The number of anilines is 1. The van der Waals surface area contributed by atoms with Crippen LogP contribution in [-0.4, -0.2) is 32.5 Å².